The first kappa shape index (κ1) is 13.6. The maximum atomic E-state index is 6.30. The summed E-state index contributed by atoms with van der Waals surface area (Å²) < 4.78 is 17.8. The van der Waals surface area contributed by atoms with E-state index in [-0.39, 0.29) is 5.60 Å². The van der Waals surface area contributed by atoms with Gasteiger partial charge in [0.05, 0.1) is 0 Å². The molecule has 2 atom stereocenters. The first-order chi connectivity index (χ1) is 9.67. The van der Waals surface area contributed by atoms with Gasteiger partial charge in [-0.05, 0) is 32.0 Å². The van der Waals surface area contributed by atoms with Crippen molar-refractivity contribution in [3.63, 3.8) is 0 Å². The molecular weight excluding hydrogens is 254 g/mol. The molecule has 2 unspecified atom stereocenters. The van der Waals surface area contributed by atoms with Crippen LogP contribution in [0.5, 0.6) is 17.2 Å². The van der Waals surface area contributed by atoms with E-state index in [1.807, 2.05) is 6.07 Å². The highest BCUT2D eigenvalue weighted by Crippen LogP contribution is 2.50. The number of nitrogens with one attached hydrogen (secondary N) is 1. The van der Waals surface area contributed by atoms with Crippen LogP contribution in [0.25, 0.3) is 0 Å². The van der Waals surface area contributed by atoms with Crippen LogP contribution in [0.3, 0.4) is 0 Å². The summed E-state index contributed by atoms with van der Waals surface area (Å²) in [6.45, 7) is 8.61. The van der Waals surface area contributed by atoms with Gasteiger partial charge in [0.2, 0.25) is 5.75 Å². The number of benzene rings is 1. The van der Waals surface area contributed by atoms with E-state index < -0.39 is 0 Å². The molecule has 20 heavy (non-hydrogen) atoms. The highest BCUT2D eigenvalue weighted by atomic mass is 16.6. The zero-order chi connectivity index (χ0) is 14.2. The second-order valence-corrected chi connectivity index (χ2v) is 5.73. The maximum Gasteiger partial charge on any atom is 0.204 e. The van der Waals surface area contributed by atoms with E-state index in [1.54, 1.807) is 0 Å². The Balaban J connectivity index is 2.06. The van der Waals surface area contributed by atoms with Crippen LogP contribution in [-0.4, -0.2) is 25.4 Å². The van der Waals surface area contributed by atoms with E-state index in [9.17, 15) is 0 Å². The molecule has 2 aliphatic rings. The van der Waals surface area contributed by atoms with Gasteiger partial charge in [0.1, 0.15) is 18.8 Å². The summed E-state index contributed by atoms with van der Waals surface area (Å²) in [6.07, 6.45) is 1.95. The number of hydrogen-bond acceptors (Lipinski definition) is 4. The third-order valence-corrected chi connectivity index (χ3v) is 4.25. The molecule has 0 radical (unpaired) electrons. The Morgan fingerprint density at radius 1 is 1.20 bits per heavy atom. The monoisotopic (exact) mass is 277 g/mol. The van der Waals surface area contributed by atoms with Crippen LogP contribution in [0.15, 0.2) is 12.1 Å². The molecule has 0 bridgehead atoms. The van der Waals surface area contributed by atoms with Crippen molar-refractivity contribution in [1.82, 2.24) is 5.32 Å². The van der Waals surface area contributed by atoms with E-state index >= 15 is 0 Å². The fourth-order valence-corrected chi connectivity index (χ4v) is 2.96. The standard InChI is InChI=1S/C16H23NO3/c1-4-16(3)10-12(17-5-2)11-6-7-13-15(14(11)20-16)19-9-8-18-13/h6-7,12,17H,4-5,8-10H2,1-3H3. The number of ether oxygens (including phenoxy) is 3. The summed E-state index contributed by atoms with van der Waals surface area (Å²) in [5, 5.41) is 3.56. The second kappa shape index (κ2) is 5.17. The van der Waals surface area contributed by atoms with Gasteiger partial charge in [-0.15, -0.1) is 0 Å². The third-order valence-electron chi connectivity index (χ3n) is 4.25. The average molecular weight is 277 g/mol. The van der Waals surface area contributed by atoms with Crippen LogP contribution in [0.2, 0.25) is 0 Å². The lowest BCUT2D eigenvalue weighted by molar-refractivity contribution is 0.0370. The quantitative estimate of drug-likeness (QED) is 0.921. The maximum absolute atomic E-state index is 6.30. The van der Waals surface area contributed by atoms with E-state index in [2.05, 4.69) is 32.2 Å². The molecule has 2 heterocycles. The largest absolute Gasteiger partial charge is 0.486 e. The molecule has 1 aromatic rings. The summed E-state index contributed by atoms with van der Waals surface area (Å²) in [7, 11) is 0. The summed E-state index contributed by atoms with van der Waals surface area (Å²) in [4.78, 5) is 0. The van der Waals surface area contributed by atoms with E-state index in [0.717, 1.165) is 36.6 Å². The van der Waals surface area contributed by atoms with Gasteiger partial charge in [-0.1, -0.05) is 13.8 Å². The zero-order valence-electron chi connectivity index (χ0n) is 12.5. The predicted molar refractivity (Wildman–Crippen MR) is 77.8 cm³/mol. The topological polar surface area (TPSA) is 39.7 Å². The molecular formula is C16H23NO3. The molecule has 0 aromatic heterocycles. The summed E-state index contributed by atoms with van der Waals surface area (Å²) in [6, 6.07) is 4.41. The van der Waals surface area contributed by atoms with Crippen molar-refractivity contribution in [2.24, 2.45) is 0 Å². The lowest BCUT2D eigenvalue weighted by atomic mass is 9.86. The Kier molecular flexibility index (Phi) is 3.50. The first-order valence-electron chi connectivity index (χ1n) is 7.52. The van der Waals surface area contributed by atoms with Gasteiger partial charge in [0.25, 0.3) is 0 Å². The van der Waals surface area contributed by atoms with Crippen molar-refractivity contribution >= 4 is 0 Å². The molecule has 4 nitrogen and oxygen atoms in total. The van der Waals surface area contributed by atoms with Crippen LogP contribution in [0.4, 0.5) is 0 Å². The number of rotatable bonds is 3. The molecule has 110 valence electrons. The Hall–Kier alpha value is -1.42. The van der Waals surface area contributed by atoms with E-state index in [4.69, 9.17) is 14.2 Å². The van der Waals surface area contributed by atoms with Crippen LogP contribution in [0.1, 0.15) is 45.2 Å². The number of hydrogen-bond donors (Lipinski definition) is 1. The van der Waals surface area contributed by atoms with Crippen molar-refractivity contribution in [1.29, 1.82) is 0 Å². The van der Waals surface area contributed by atoms with Crippen LogP contribution in [0, 0.1) is 0 Å². The fraction of sp³-hybridized carbons (Fsp3) is 0.625. The lowest BCUT2D eigenvalue weighted by Gasteiger charge is -2.41. The van der Waals surface area contributed by atoms with Crippen molar-refractivity contribution in [2.75, 3.05) is 19.8 Å². The SMILES string of the molecule is CCNC1CC(C)(CC)Oc2c1ccc1c2OCCO1. The number of fused-ring (bicyclic) bond motifs is 3. The molecule has 0 fully saturated rings. The average Bonchev–Trinajstić information content (AvgIpc) is 2.47. The van der Waals surface area contributed by atoms with E-state index in [0.29, 0.717) is 19.3 Å². The van der Waals surface area contributed by atoms with Gasteiger partial charge in [0, 0.05) is 18.0 Å². The van der Waals surface area contributed by atoms with Gasteiger partial charge < -0.3 is 19.5 Å². The minimum absolute atomic E-state index is 0.157. The smallest absolute Gasteiger partial charge is 0.204 e. The second-order valence-electron chi connectivity index (χ2n) is 5.73. The van der Waals surface area contributed by atoms with Gasteiger partial charge >= 0.3 is 0 Å². The van der Waals surface area contributed by atoms with Gasteiger partial charge in [-0.3, -0.25) is 0 Å². The van der Waals surface area contributed by atoms with Crippen molar-refractivity contribution in [2.45, 2.75) is 45.3 Å². The summed E-state index contributed by atoms with van der Waals surface area (Å²) in [5.41, 5.74) is 1.03. The van der Waals surface area contributed by atoms with Crippen LogP contribution in [-0.2, 0) is 0 Å². The highest BCUT2D eigenvalue weighted by molar-refractivity contribution is 5.58. The Bertz CT molecular complexity index is 503. The minimum atomic E-state index is -0.157. The van der Waals surface area contributed by atoms with Crippen LogP contribution < -0.4 is 19.5 Å². The molecule has 4 heteroatoms. The summed E-state index contributed by atoms with van der Waals surface area (Å²) in [5.74, 6) is 2.44. The first-order valence-corrected chi connectivity index (χ1v) is 7.52. The summed E-state index contributed by atoms with van der Waals surface area (Å²) >= 11 is 0. The molecule has 0 saturated carbocycles. The molecule has 3 rings (SSSR count). The molecule has 0 amide bonds. The third kappa shape index (κ3) is 2.22. The molecule has 2 aliphatic heterocycles. The highest BCUT2D eigenvalue weighted by Gasteiger charge is 2.38. The molecule has 0 saturated heterocycles. The van der Waals surface area contributed by atoms with Gasteiger partial charge in [-0.25, -0.2) is 0 Å². The van der Waals surface area contributed by atoms with Crippen LogP contribution >= 0.6 is 0 Å². The van der Waals surface area contributed by atoms with Crippen molar-refractivity contribution in [3.8, 4) is 17.2 Å². The van der Waals surface area contributed by atoms with Gasteiger partial charge in [0.15, 0.2) is 11.5 Å². The van der Waals surface area contributed by atoms with Crippen molar-refractivity contribution < 1.29 is 14.2 Å². The molecule has 0 spiro atoms. The molecule has 0 aliphatic carbocycles. The lowest BCUT2D eigenvalue weighted by Crippen LogP contribution is -2.41. The zero-order valence-corrected chi connectivity index (χ0v) is 12.5. The normalized spacial score (nSPS) is 27.6. The Labute approximate surface area is 120 Å². The fourth-order valence-electron chi connectivity index (χ4n) is 2.96. The Morgan fingerprint density at radius 3 is 2.75 bits per heavy atom. The predicted octanol–water partition coefficient (Wildman–Crippen LogP) is 3.06. The molecule has 1 N–H and O–H groups in total. The molecule has 1 aromatic carbocycles. The van der Waals surface area contributed by atoms with Crippen molar-refractivity contribution in [3.05, 3.63) is 17.7 Å². The Morgan fingerprint density at radius 2 is 2.00 bits per heavy atom. The minimum Gasteiger partial charge on any atom is -0.486 e. The van der Waals surface area contributed by atoms with E-state index in [1.165, 1.54) is 5.56 Å². The van der Waals surface area contributed by atoms with Gasteiger partial charge in [-0.2, -0.15) is 0 Å².